The number of amides is 1. The minimum Gasteiger partial charge on any atom is -0.469 e. The fourth-order valence-corrected chi connectivity index (χ4v) is 5.10. The van der Waals surface area contributed by atoms with Crippen molar-refractivity contribution in [3.8, 4) is 0 Å². The lowest BCUT2D eigenvalue weighted by atomic mass is 9.99. The second-order valence-corrected chi connectivity index (χ2v) is 9.46. The van der Waals surface area contributed by atoms with Crippen molar-refractivity contribution in [2.75, 3.05) is 19.6 Å². The number of rotatable bonds is 8. The maximum Gasteiger partial charge on any atom is 0.224 e. The van der Waals surface area contributed by atoms with E-state index in [1.807, 2.05) is 12.1 Å². The molecular formula is C20H25ClN2O4S. The molecule has 1 unspecified atom stereocenters. The lowest BCUT2D eigenvalue weighted by Crippen LogP contribution is -2.45. The minimum absolute atomic E-state index is 0.0779. The first-order valence-corrected chi connectivity index (χ1v) is 11.4. The maximum atomic E-state index is 12.8. The van der Waals surface area contributed by atoms with Crippen LogP contribution in [0, 0.1) is 5.92 Å². The topological polar surface area (TPSA) is 79.6 Å². The van der Waals surface area contributed by atoms with Gasteiger partial charge in [-0.25, -0.2) is 12.7 Å². The molecule has 0 spiro atoms. The molecule has 1 amide bonds. The van der Waals surface area contributed by atoms with E-state index in [9.17, 15) is 13.2 Å². The lowest BCUT2D eigenvalue weighted by molar-refractivity contribution is -0.126. The molecule has 0 aliphatic carbocycles. The van der Waals surface area contributed by atoms with Gasteiger partial charge in [0, 0.05) is 31.1 Å². The second kappa shape index (κ2) is 9.58. The summed E-state index contributed by atoms with van der Waals surface area (Å²) < 4.78 is 32.2. The molecule has 2 heterocycles. The van der Waals surface area contributed by atoms with Crippen molar-refractivity contribution in [1.82, 2.24) is 9.62 Å². The van der Waals surface area contributed by atoms with Crippen molar-refractivity contribution in [3.05, 3.63) is 59.0 Å². The molecular weight excluding hydrogens is 400 g/mol. The number of hydrogen-bond donors (Lipinski definition) is 1. The molecule has 1 aromatic heterocycles. The monoisotopic (exact) mass is 424 g/mol. The Morgan fingerprint density at radius 2 is 2.04 bits per heavy atom. The zero-order valence-corrected chi connectivity index (χ0v) is 17.2. The van der Waals surface area contributed by atoms with Crippen LogP contribution in [0.1, 0.15) is 30.6 Å². The molecule has 1 N–H and O–H groups in total. The molecule has 152 valence electrons. The van der Waals surface area contributed by atoms with Gasteiger partial charge in [0.05, 0.1) is 17.9 Å². The number of aryl methyl sites for hydroxylation is 1. The van der Waals surface area contributed by atoms with Crippen LogP contribution in [0.3, 0.4) is 0 Å². The smallest absolute Gasteiger partial charge is 0.224 e. The number of carbonyl (C=O) groups excluding carboxylic acids is 1. The molecule has 8 heteroatoms. The number of furan rings is 1. The van der Waals surface area contributed by atoms with E-state index in [-0.39, 0.29) is 24.1 Å². The van der Waals surface area contributed by atoms with E-state index < -0.39 is 10.0 Å². The summed E-state index contributed by atoms with van der Waals surface area (Å²) in [7, 11) is -3.47. The van der Waals surface area contributed by atoms with Crippen molar-refractivity contribution < 1.29 is 17.6 Å². The average Bonchev–Trinajstić information content (AvgIpc) is 3.20. The highest BCUT2D eigenvalue weighted by Crippen LogP contribution is 2.22. The highest BCUT2D eigenvalue weighted by molar-refractivity contribution is 7.88. The predicted molar refractivity (Wildman–Crippen MR) is 108 cm³/mol. The van der Waals surface area contributed by atoms with Gasteiger partial charge in [-0.2, -0.15) is 0 Å². The summed E-state index contributed by atoms with van der Waals surface area (Å²) >= 11 is 5.86. The van der Waals surface area contributed by atoms with Crippen LogP contribution in [0.5, 0.6) is 0 Å². The van der Waals surface area contributed by atoms with Crippen molar-refractivity contribution in [2.24, 2.45) is 5.92 Å². The van der Waals surface area contributed by atoms with Crippen molar-refractivity contribution in [2.45, 2.75) is 31.4 Å². The van der Waals surface area contributed by atoms with Gasteiger partial charge in [0.2, 0.25) is 15.9 Å². The Kier molecular flexibility index (Phi) is 7.15. The van der Waals surface area contributed by atoms with E-state index in [1.54, 1.807) is 30.5 Å². The maximum absolute atomic E-state index is 12.8. The molecule has 1 aliphatic rings. The standard InChI is InChI=1S/C20H25ClN2O4S/c21-18-9-7-16(8-10-18)15-28(25,26)23-12-2-4-17(14-23)20(24)22-11-1-5-19-6-3-13-27-19/h3,6-10,13,17H,1-2,4-5,11-12,14-15H2,(H,22,24). The molecule has 2 aromatic rings. The van der Waals surface area contributed by atoms with Gasteiger partial charge >= 0.3 is 0 Å². The normalized spacial score (nSPS) is 18.1. The Balaban J connectivity index is 1.49. The number of piperidine rings is 1. The molecule has 1 atom stereocenters. The molecule has 28 heavy (non-hydrogen) atoms. The van der Waals surface area contributed by atoms with Crippen molar-refractivity contribution in [3.63, 3.8) is 0 Å². The van der Waals surface area contributed by atoms with Gasteiger partial charge in [-0.05, 0) is 49.1 Å². The Hall–Kier alpha value is -1.83. The fourth-order valence-electron chi connectivity index (χ4n) is 3.36. The van der Waals surface area contributed by atoms with Gasteiger partial charge < -0.3 is 9.73 Å². The van der Waals surface area contributed by atoms with Gasteiger partial charge in [-0.15, -0.1) is 0 Å². The third-order valence-corrected chi connectivity index (χ3v) is 6.96. The summed E-state index contributed by atoms with van der Waals surface area (Å²) in [6.07, 6.45) is 4.57. The third kappa shape index (κ3) is 5.83. The first-order chi connectivity index (χ1) is 13.4. The summed E-state index contributed by atoms with van der Waals surface area (Å²) in [5.74, 6) is 0.427. The van der Waals surface area contributed by atoms with E-state index in [0.29, 0.717) is 36.5 Å². The number of nitrogens with zero attached hydrogens (tertiary/aromatic N) is 1. The van der Waals surface area contributed by atoms with Crippen LogP contribution in [0.2, 0.25) is 5.02 Å². The first-order valence-electron chi connectivity index (χ1n) is 9.46. The summed E-state index contributed by atoms with van der Waals surface area (Å²) in [4.78, 5) is 12.5. The van der Waals surface area contributed by atoms with E-state index in [4.69, 9.17) is 16.0 Å². The van der Waals surface area contributed by atoms with Crippen LogP contribution < -0.4 is 5.32 Å². The average molecular weight is 425 g/mol. The van der Waals surface area contributed by atoms with E-state index >= 15 is 0 Å². The summed E-state index contributed by atoms with van der Waals surface area (Å²) in [6, 6.07) is 10.5. The highest BCUT2D eigenvalue weighted by Gasteiger charge is 2.32. The van der Waals surface area contributed by atoms with E-state index in [2.05, 4.69) is 5.32 Å². The predicted octanol–water partition coefficient (Wildman–Crippen LogP) is 3.22. The molecule has 1 fully saturated rings. The molecule has 3 rings (SSSR count). The number of hydrogen-bond acceptors (Lipinski definition) is 4. The quantitative estimate of drug-likeness (QED) is 0.660. The van der Waals surface area contributed by atoms with Crippen molar-refractivity contribution >= 4 is 27.5 Å². The third-order valence-electron chi connectivity index (χ3n) is 4.89. The SMILES string of the molecule is O=C(NCCCc1ccco1)C1CCCN(S(=O)(=O)Cc2ccc(Cl)cc2)C1. The molecule has 0 bridgehead atoms. The van der Waals surface area contributed by atoms with E-state index in [0.717, 1.165) is 18.6 Å². The zero-order valence-electron chi connectivity index (χ0n) is 15.6. The van der Waals surface area contributed by atoms with Crippen LogP contribution in [0.4, 0.5) is 0 Å². The molecule has 0 radical (unpaired) electrons. The van der Waals surface area contributed by atoms with Gasteiger partial charge in [-0.1, -0.05) is 23.7 Å². The molecule has 1 aromatic carbocycles. The summed E-state index contributed by atoms with van der Waals surface area (Å²) in [5.41, 5.74) is 0.689. The largest absolute Gasteiger partial charge is 0.469 e. The highest BCUT2D eigenvalue weighted by atomic mass is 35.5. The summed E-state index contributed by atoms with van der Waals surface area (Å²) in [6.45, 7) is 1.24. The Labute approximate surface area is 170 Å². The Bertz CT molecular complexity index is 866. The number of carbonyl (C=O) groups is 1. The van der Waals surface area contributed by atoms with Gasteiger partial charge in [-0.3, -0.25) is 4.79 Å². The van der Waals surface area contributed by atoms with Gasteiger partial charge in [0.1, 0.15) is 5.76 Å². The van der Waals surface area contributed by atoms with Crippen LogP contribution in [0.15, 0.2) is 47.1 Å². The number of halogens is 1. The number of nitrogens with one attached hydrogen (secondary N) is 1. The molecule has 6 nitrogen and oxygen atoms in total. The Morgan fingerprint density at radius 3 is 2.75 bits per heavy atom. The molecule has 0 saturated carbocycles. The number of benzene rings is 1. The first kappa shape index (κ1) is 20.9. The lowest BCUT2D eigenvalue weighted by Gasteiger charge is -2.31. The molecule has 1 saturated heterocycles. The van der Waals surface area contributed by atoms with Crippen LogP contribution in [-0.2, 0) is 27.0 Å². The second-order valence-electron chi connectivity index (χ2n) is 7.05. The minimum atomic E-state index is -3.47. The Morgan fingerprint density at radius 1 is 1.25 bits per heavy atom. The van der Waals surface area contributed by atoms with Gasteiger partial charge in [0.15, 0.2) is 0 Å². The van der Waals surface area contributed by atoms with Crippen LogP contribution in [-0.4, -0.2) is 38.3 Å². The van der Waals surface area contributed by atoms with Crippen LogP contribution >= 0.6 is 11.6 Å². The summed E-state index contributed by atoms with van der Waals surface area (Å²) in [5, 5.41) is 3.50. The van der Waals surface area contributed by atoms with Crippen LogP contribution in [0.25, 0.3) is 0 Å². The molecule has 1 aliphatic heterocycles. The zero-order chi connectivity index (χ0) is 20.0. The van der Waals surface area contributed by atoms with Crippen molar-refractivity contribution in [1.29, 1.82) is 0 Å². The van der Waals surface area contributed by atoms with Gasteiger partial charge in [0.25, 0.3) is 0 Å². The number of sulfonamides is 1. The van der Waals surface area contributed by atoms with E-state index in [1.165, 1.54) is 4.31 Å². The fraction of sp³-hybridized carbons (Fsp3) is 0.450.